The van der Waals surface area contributed by atoms with Gasteiger partial charge in [0.15, 0.2) is 5.69 Å². The van der Waals surface area contributed by atoms with Crippen LogP contribution >= 0.6 is 0 Å². The molecule has 4 rings (SSSR count). The van der Waals surface area contributed by atoms with E-state index < -0.39 is 0 Å². The topological polar surface area (TPSA) is 88.5 Å². The molecular formula is C23H24N6O. The molecule has 0 aliphatic carbocycles. The van der Waals surface area contributed by atoms with Gasteiger partial charge in [0, 0.05) is 0 Å². The van der Waals surface area contributed by atoms with Gasteiger partial charge in [-0.25, -0.2) is 9.67 Å². The number of nitrogens with zero attached hydrogens (tertiary/aromatic N) is 4. The first kappa shape index (κ1) is 19.6. The number of aromatic amines is 1. The van der Waals surface area contributed by atoms with Crippen molar-refractivity contribution in [3.8, 4) is 0 Å². The van der Waals surface area contributed by atoms with Crippen molar-refractivity contribution in [3.63, 3.8) is 0 Å². The summed E-state index contributed by atoms with van der Waals surface area (Å²) in [4.78, 5) is 20.6. The largest absolute Gasteiger partial charge is 0.341 e. The minimum atomic E-state index is -0.267. The van der Waals surface area contributed by atoms with Crippen LogP contribution in [0.2, 0.25) is 0 Å². The molecule has 30 heavy (non-hydrogen) atoms. The number of hydrogen-bond acceptors (Lipinski definition) is 4. The Kier molecular flexibility index (Phi) is 5.70. The van der Waals surface area contributed by atoms with Gasteiger partial charge in [-0.1, -0.05) is 60.7 Å². The first-order chi connectivity index (χ1) is 14.6. The molecule has 0 saturated carbocycles. The summed E-state index contributed by atoms with van der Waals surface area (Å²) >= 11 is 0. The SMILES string of the molecule is CCC(NC(=O)c1cn(CC=Cc2ccccc2)nn1)c1nc2ccc(C)cc2[nH]1. The van der Waals surface area contributed by atoms with Gasteiger partial charge in [-0.2, -0.15) is 0 Å². The van der Waals surface area contributed by atoms with Gasteiger partial charge in [0.25, 0.3) is 5.91 Å². The highest BCUT2D eigenvalue weighted by Gasteiger charge is 2.19. The smallest absolute Gasteiger partial charge is 0.274 e. The molecule has 1 unspecified atom stereocenters. The summed E-state index contributed by atoms with van der Waals surface area (Å²) in [5.41, 5.74) is 4.41. The Balaban J connectivity index is 1.41. The lowest BCUT2D eigenvalue weighted by Crippen LogP contribution is -2.29. The van der Waals surface area contributed by atoms with E-state index in [1.54, 1.807) is 10.9 Å². The maximum absolute atomic E-state index is 12.7. The van der Waals surface area contributed by atoms with E-state index in [9.17, 15) is 4.79 Å². The highest BCUT2D eigenvalue weighted by atomic mass is 16.2. The maximum Gasteiger partial charge on any atom is 0.274 e. The molecule has 2 aromatic carbocycles. The minimum Gasteiger partial charge on any atom is -0.341 e. The second kappa shape index (κ2) is 8.73. The highest BCUT2D eigenvalue weighted by molar-refractivity contribution is 5.92. The molecule has 0 bridgehead atoms. The van der Waals surface area contributed by atoms with Crippen LogP contribution in [-0.4, -0.2) is 30.9 Å². The van der Waals surface area contributed by atoms with Gasteiger partial charge in [0.2, 0.25) is 0 Å². The molecule has 1 atom stereocenters. The molecule has 7 nitrogen and oxygen atoms in total. The number of carbonyl (C=O) groups excluding carboxylic acids is 1. The van der Waals surface area contributed by atoms with Crippen LogP contribution in [0.25, 0.3) is 17.1 Å². The van der Waals surface area contributed by atoms with E-state index in [-0.39, 0.29) is 17.6 Å². The Morgan fingerprint density at radius 3 is 2.87 bits per heavy atom. The molecule has 0 spiro atoms. The van der Waals surface area contributed by atoms with Crippen LogP contribution in [0.1, 0.15) is 46.8 Å². The second-order valence-corrected chi connectivity index (χ2v) is 7.22. The summed E-state index contributed by atoms with van der Waals surface area (Å²) in [6.07, 6.45) is 6.35. The highest BCUT2D eigenvalue weighted by Crippen LogP contribution is 2.19. The molecule has 152 valence electrons. The van der Waals surface area contributed by atoms with Crippen molar-refractivity contribution < 1.29 is 4.79 Å². The van der Waals surface area contributed by atoms with Gasteiger partial charge in [-0.3, -0.25) is 4.79 Å². The Hall–Kier alpha value is -3.74. The van der Waals surface area contributed by atoms with E-state index in [1.807, 2.05) is 68.5 Å². The molecule has 0 saturated heterocycles. The quantitative estimate of drug-likeness (QED) is 0.490. The van der Waals surface area contributed by atoms with E-state index in [0.717, 1.165) is 28.0 Å². The summed E-state index contributed by atoms with van der Waals surface area (Å²) in [5.74, 6) is 0.474. The number of hydrogen-bond donors (Lipinski definition) is 2. The van der Waals surface area contributed by atoms with Crippen molar-refractivity contribution in [2.24, 2.45) is 0 Å². The zero-order valence-electron chi connectivity index (χ0n) is 17.0. The zero-order chi connectivity index (χ0) is 20.9. The molecule has 0 aliphatic rings. The number of nitrogens with one attached hydrogen (secondary N) is 2. The van der Waals surface area contributed by atoms with Crippen LogP contribution in [0.15, 0.2) is 60.8 Å². The average molecular weight is 400 g/mol. The fourth-order valence-electron chi connectivity index (χ4n) is 3.26. The zero-order valence-corrected chi connectivity index (χ0v) is 17.0. The monoisotopic (exact) mass is 400 g/mol. The van der Waals surface area contributed by atoms with Crippen molar-refractivity contribution in [3.05, 3.63) is 83.4 Å². The Morgan fingerprint density at radius 2 is 2.07 bits per heavy atom. The van der Waals surface area contributed by atoms with Crippen LogP contribution in [0.5, 0.6) is 0 Å². The number of benzene rings is 2. The first-order valence-electron chi connectivity index (χ1n) is 10.0. The van der Waals surface area contributed by atoms with Crippen LogP contribution in [0.3, 0.4) is 0 Å². The third-order valence-electron chi connectivity index (χ3n) is 4.87. The molecule has 2 heterocycles. The van der Waals surface area contributed by atoms with Crippen LogP contribution < -0.4 is 5.32 Å². The van der Waals surface area contributed by atoms with Gasteiger partial charge >= 0.3 is 0 Å². The van der Waals surface area contributed by atoms with Crippen molar-refractivity contribution in [1.82, 2.24) is 30.3 Å². The second-order valence-electron chi connectivity index (χ2n) is 7.22. The fourth-order valence-corrected chi connectivity index (χ4v) is 3.26. The van der Waals surface area contributed by atoms with Crippen molar-refractivity contribution >= 4 is 23.0 Å². The number of fused-ring (bicyclic) bond motifs is 1. The van der Waals surface area contributed by atoms with Gasteiger partial charge in [0.1, 0.15) is 5.82 Å². The van der Waals surface area contributed by atoms with Crippen LogP contribution in [0.4, 0.5) is 0 Å². The number of aryl methyl sites for hydroxylation is 1. The van der Waals surface area contributed by atoms with Gasteiger partial charge in [0.05, 0.1) is 29.8 Å². The standard InChI is InChI=1S/C23H24N6O/c1-3-18(22-24-19-12-11-16(2)14-20(19)25-22)26-23(30)21-15-29(28-27-21)13-7-10-17-8-5-4-6-9-17/h4-12,14-15,18H,3,13H2,1-2H3,(H,24,25)(H,26,30). The number of H-pyrrole nitrogens is 1. The normalized spacial score (nSPS) is 12.5. The molecule has 0 fully saturated rings. The lowest BCUT2D eigenvalue weighted by atomic mass is 10.2. The lowest BCUT2D eigenvalue weighted by molar-refractivity contribution is 0.0928. The van der Waals surface area contributed by atoms with E-state index in [1.165, 1.54) is 0 Å². The number of allylic oxidation sites excluding steroid dienone is 1. The molecule has 1 amide bonds. The van der Waals surface area contributed by atoms with Gasteiger partial charge < -0.3 is 10.3 Å². The molecule has 4 aromatic rings. The fraction of sp³-hybridized carbons (Fsp3) is 0.217. The third-order valence-corrected chi connectivity index (χ3v) is 4.87. The predicted molar refractivity (Wildman–Crippen MR) is 117 cm³/mol. The van der Waals surface area contributed by atoms with Gasteiger partial charge in [-0.15, -0.1) is 5.10 Å². The summed E-state index contributed by atoms with van der Waals surface area (Å²) in [5, 5.41) is 11.1. The average Bonchev–Trinajstić information content (AvgIpc) is 3.39. The predicted octanol–water partition coefficient (Wildman–Crippen LogP) is 4.06. The van der Waals surface area contributed by atoms with Crippen LogP contribution in [0, 0.1) is 6.92 Å². The summed E-state index contributed by atoms with van der Waals surface area (Å²) in [7, 11) is 0. The molecular weight excluding hydrogens is 376 g/mol. The molecule has 2 aromatic heterocycles. The third kappa shape index (κ3) is 4.46. The van der Waals surface area contributed by atoms with E-state index in [4.69, 9.17) is 0 Å². The Labute approximate surface area is 174 Å². The number of amides is 1. The van der Waals surface area contributed by atoms with Crippen molar-refractivity contribution in [2.75, 3.05) is 0 Å². The number of rotatable bonds is 7. The first-order valence-corrected chi connectivity index (χ1v) is 10.0. The Bertz CT molecular complexity index is 1170. The molecule has 0 radical (unpaired) electrons. The van der Waals surface area contributed by atoms with Crippen molar-refractivity contribution in [1.29, 1.82) is 0 Å². The summed E-state index contributed by atoms with van der Waals surface area (Å²) in [6.45, 7) is 4.58. The summed E-state index contributed by atoms with van der Waals surface area (Å²) in [6, 6.07) is 15.8. The van der Waals surface area contributed by atoms with E-state index >= 15 is 0 Å². The molecule has 7 heteroatoms. The summed E-state index contributed by atoms with van der Waals surface area (Å²) < 4.78 is 1.64. The Morgan fingerprint density at radius 1 is 1.23 bits per heavy atom. The van der Waals surface area contributed by atoms with E-state index in [2.05, 4.69) is 31.7 Å². The minimum absolute atomic E-state index is 0.228. The van der Waals surface area contributed by atoms with Crippen LogP contribution in [-0.2, 0) is 6.54 Å². The number of imidazole rings is 1. The van der Waals surface area contributed by atoms with Crippen molar-refractivity contribution in [2.45, 2.75) is 32.9 Å². The molecule has 0 aliphatic heterocycles. The molecule has 2 N–H and O–H groups in total. The number of carbonyl (C=O) groups is 1. The lowest BCUT2D eigenvalue weighted by Gasteiger charge is -2.13. The van der Waals surface area contributed by atoms with E-state index in [0.29, 0.717) is 13.0 Å². The maximum atomic E-state index is 12.7. The van der Waals surface area contributed by atoms with Gasteiger partial charge in [-0.05, 0) is 36.6 Å². The number of aromatic nitrogens is 5.